The summed E-state index contributed by atoms with van der Waals surface area (Å²) in [5.41, 5.74) is 0.449. The first-order valence-electron chi connectivity index (χ1n) is 9.53. The first kappa shape index (κ1) is 21.3. The van der Waals surface area contributed by atoms with Crippen LogP contribution >= 0.6 is 0 Å². The number of para-hydroxylation sites is 2. The van der Waals surface area contributed by atoms with Crippen molar-refractivity contribution in [2.45, 2.75) is 0 Å². The van der Waals surface area contributed by atoms with Gasteiger partial charge in [-0.3, -0.25) is 25.0 Å². The molecular weight excluding hydrogens is 430 g/mol. The molecule has 0 aliphatic rings. The summed E-state index contributed by atoms with van der Waals surface area (Å²) in [4.78, 5) is 35.6. The molecule has 0 fully saturated rings. The van der Waals surface area contributed by atoms with Crippen molar-refractivity contribution in [2.75, 3.05) is 7.11 Å². The van der Waals surface area contributed by atoms with Crippen molar-refractivity contribution in [2.24, 2.45) is 0 Å². The smallest absolute Gasteiger partial charge is 0.296 e. The molecule has 11 nitrogen and oxygen atoms in total. The van der Waals surface area contributed by atoms with Crippen LogP contribution in [0.5, 0.6) is 5.75 Å². The Morgan fingerprint density at radius 3 is 2.15 bits per heavy atom. The van der Waals surface area contributed by atoms with Crippen molar-refractivity contribution < 1.29 is 19.4 Å². The monoisotopic (exact) mass is 445 g/mol. The number of methoxy groups -OCH3 is 1. The number of rotatable bonds is 7. The largest absolute Gasteiger partial charge is 0.497 e. The second kappa shape index (κ2) is 8.67. The van der Waals surface area contributed by atoms with E-state index in [1.807, 2.05) is 0 Å². The molecule has 0 unspecified atom stereocenters. The van der Waals surface area contributed by atoms with E-state index in [-0.39, 0.29) is 28.5 Å². The van der Waals surface area contributed by atoms with Crippen molar-refractivity contribution in [3.05, 3.63) is 104 Å². The third kappa shape index (κ3) is 4.14. The molecule has 0 atom stereocenters. The standard InChI is InChI=1S/C22H15N5O6/c1-33-17-12-8-15(9-13-17)22(28)21-20(14-6-10-16(11-7-14)26(29)30)23-25(24-21)18-4-2-3-5-19(18)27(31)32/h2-13H,1H3. The molecule has 11 heteroatoms. The van der Waals surface area contributed by atoms with Gasteiger partial charge in [-0.05, 0) is 42.5 Å². The predicted octanol–water partition coefficient (Wildman–Crippen LogP) is 3.99. The number of nitro benzene ring substituents is 2. The Labute approximate surface area is 186 Å². The molecule has 0 aliphatic heterocycles. The van der Waals surface area contributed by atoms with Crippen molar-refractivity contribution >= 4 is 17.2 Å². The highest BCUT2D eigenvalue weighted by Crippen LogP contribution is 2.28. The molecule has 0 aliphatic carbocycles. The van der Waals surface area contributed by atoms with Crippen molar-refractivity contribution in [3.8, 4) is 22.7 Å². The minimum atomic E-state index is -0.574. The van der Waals surface area contributed by atoms with Crippen LogP contribution < -0.4 is 4.74 Å². The Bertz CT molecular complexity index is 1360. The minimum absolute atomic E-state index is 0.0628. The van der Waals surface area contributed by atoms with Gasteiger partial charge in [0.25, 0.3) is 11.4 Å². The summed E-state index contributed by atoms with van der Waals surface area (Å²) in [6.07, 6.45) is 0. The fourth-order valence-corrected chi connectivity index (χ4v) is 3.17. The lowest BCUT2D eigenvalue weighted by molar-refractivity contribution is -0.384. The molecule has 1 heterocycles. The van der Waals surface area contributed by atoms with Crippen LogP contribution in [0.25, 0.3) is 16.9 Å². The molecule has 0 radical (unpaired) electrons. The van der Waals surface area contributed by atoms with Gasteiger partial charge in [0.05, 0.1) is 17.0 Å². The first-order chi connectivity index (χ1) is 15.9. The summed E-state index contributed by atoms with van der Waals surface area (Å²) in [6, 6.07) is 17.6. The lowest BCUT2D eigenvalue weighted by Gasteiger charge is -2.03. The second-order valence-electron chi connectivity index (χ2n) is 6.79. The molecule has 0 spiro atoms. The molecule has 0 amide bonds. The lowest BCUT2D eigenvalue weighted by Crippen LogP contribution is -2.06. The average Bonchev–Trinajstić information content (AvgIpc) is 3.29. The van der Waals surface area contributed by atoms with Crippen molar-refractivity contribution in [3.63, 3.8) is 0 Å². The molecule has 33 heavy (non-hydrogen) atoms. The normalized spacial score (nSPS) is 10.6. The summed E-state index contributed by atoms with van der Waals surface area (Å²) in [6.45, 7) is 0. The van der Waals surface area contributed by atoms with Gasteiger partial charge in [0, 0.05) is 29.3 Å². The van der Waals surface area contributed by atoms with Gasteiger partial charge in [0.1, 0.15) is 11.4 Å². The molecule has 0 saturated heterocycles. The van der Waals surface area contributed by atoms with E-state index in [2.05, 4.69) is 10.2 Å². The maximum atomic E-state index is 13.3. The predicted molar refractivity (Wildman–Crippen MR) is 117 cm³/mol. The highest BCUT2D eigenvalue weighted by atomic mass is 16.6. The number of ketones is 1. The molecular formula is C22H15N5O6. The number of aromatic nitrogens is 3. The van der Waals surface area contributed by atoms with E-state index in [1.165, 1.54) is 49.6 Å². The Morgan fingerprint density at radius 1 is 0.879 bits per heavy atom. The number of nitrogens with zero attached hydrogens (tertiary/aromatic N) is 5. The number of carbonyl (C=O) groups is 1. The SMILES string of the molecule is COc1ccc(C(=O)c2nn(-c3ccccc3[N+](=O)[O-])nc2-c2ccc([N+](=O)[O-])cc2)cc1. The van der Waals surface area contributed by atoms with Gasteiger partial charge >= 0.3 is 0 Å². The highest BCUT2D eigenvalue weighted by Gasteiger charge is 2.25. The third-order valence-corrected chi connectivity index (χ3v) is 4.83. The van der Waals surface area contributed by atoms with Crippen molar-refractivity contribution in [1.29, 1.82) is 0 Å². The molecule has 4 aromatic rings. The van der Waals surface area contributed by atoms with E-state index in [9.17, 15) is 25.0 Å². The Hall–Kier alpha value is -4.93. The molecule has 0 saturated carbocycles. The zero-order valence-electron chi connectivity index (χ0n) is 17.1. The van der Waals surface area contributed by atoms with E-state index in [0.29, 0.717) is 16.9 Å². The van der Waals surface area contributed by atoms with Gasteiger partial charge < -0.3 is 4.74 Å². The van der Waals surface area contributed by atoms with Crippen molar-refractivity contribution in [1.82, 2.24) is 15.0 Å². The maximum absolute atomic E-state index is 13.3. The fourth-order valence-electron chi connectivity index (χ4n) is 3.17. The number of non-ortho nitro benzene ring substituents is 1. The Balaban J connectivity index is 1.87. The van der Waals surface area contributed by atoms with Crippen LogP contribution in [0.4, 0.5) is 11.4 Å². The fraction of sp³-hybridized carbons (Fsp3) is 0.0455. The van der Waals surface area contributed by atoms with Crippen LogP contribution in [-0.2, 0) is 0 Å². The van der Waals surface area contributed by atoms with Gasteiger partial charge in [-0.25, -0.2) is 0 Å². The molecule has 4 rings (SSSR count). The highest BCUT2D eigenvalue weighted by molar-refractivity contribution is 6.11. The van der Waals surface area contributed by atoms with Gasteiger partial charge in [-0.15, -0.1) is 15.0 Å². The summed E-state index contributed by atoms with van der Waals surface area (Å²) < 4.78 is 5.11. The number of ether oxygens (including phenoxy) is 1. The molecule has 3 aromatic carbocycles. The number of hydrogen-bond donors (Lipinski definition) is 0. The topological polar surface area (TPSA) is 143 Å². The van der Waals surface area contributed by atoms with Gasteiger partial charge in [-0.1, -0.05) is 12.1 Å². The molecule has 0 N–H and O–H groups in total. The van der Waals surface area contributed by atoms with Crippen LogP contribution in [-0.4, -0.2) is 37.7 Å². The number of carbonyl (C=O) groups excluding carboxylic acids is 1. The Kier molecular flexibility index (Phi) is 5.60. The maximum Gasteiger partial charge on any atom is 0.296 e. The summed E-state index contributed by atoms with van der Waals surface area (Å²) in [5, 5.41) is 31.1. The van der Waals surface area contributed by atoms with Gasteiger partial charge in [-0.2, -0.15) is 0 Å². The van der Waals surface area contributed by atoms with Gasteiger partial charge in [0.2, 0.25) is 5.78 Å². The minimum Gasteiger partial charge on any atom is -0.497 e. The van der Waals surface area contributed by atoms with E-state index >= 15 is 0 Å². The molecule has 1 aromatic heterocycles. The third-order valence-electron chi connectivity index (χ3n) is 4.83. The molecule has 0 bridgehead atoms. The van der Waals surface area contributed by atoms with E-state index in [4.69, 9.17) is 4.74 Å². The molecule has 164 valence electrons. The van der Waals surface area contributed by atoms with Crippen LogP contribution in [0.1, 0.15) is 16.1 Å². The average molecular weight is 445 g/mol. The van der Waals surface area contributed by atoms with E-state index in [0.717, 1.165) is 4.80 Å². The summed E-state index contributed by atoms with van der Waals surface area (Å²) >= 11 is 0. The quantitative estimate of drug-likeness (QED) is 0.236. The van der Waals surface area contributed by atoms with Crippen LogP contribution in [0.2, 0.25) is 0 Å². The second-order valence-corrected chi connectivity index (χ2v) is 6.79. The van der Waals surface area contributed by atoms with Gasteiger partial charge in [0.15, 0.2) is 11.4 Å². The van der Waals surface area contributed by atoms with Crippen LogP contribution in [0, 0.1) is 20.2 Å². The number of nitro groups is 2. The zero-order valence-corrected chi connectivity index (χ0v) is 17.1. The Morgan fingerprint density at radius 2 is 1.55 bits per heavy atom. The summed E-state index contributed by atoms with van der Waals surface area (Å²) in [5.74, 6) is 0.0848. The van der Waals surface area contributed by atoms with E-state index < -0.39 is 15.6 Å². The zero-order chi connectivity index (χ0) is 23.5. The number of benzene rings is 3. The van der Waals surface area contributed by atoms with E-state index in [1.54, 1.807) is 30.3 Å². The first-order valence-corrected chi connectivity index (χ1v) is 9.53. The lowest BCUT2D eigenvalue weighted by atomic mass is 10.0. The number of hydrogen-bond acceptors (Lipinski definition) is 8. The van der Waals surface area contributed by atoms with Crippen LogP contribution in [0.3, 0.4) is 0 Å². The summed E-state index contributed by atoms with van der Waals surface area (Å²) in [7, 11) is 1.50. The van der Waals surface area contributed by atoms with Crippen LogP contribution in [0.15, 0.2) is 72.8 Å².